The lowest BCUT2D eigenvalue weighted by atomic mass is 10.2. The first-order chi connectivity index (χ1) is 8.44. The van der Waals surface area contributed by atoms with Crippen LogP contribution in [0.2, 0.25) is 0 Å². The molecule has 18 heavy (non-hydrogen) atoms. The van der Waals surface area contributed by atoms with Gasteiger partial charge in [0.1, 0.15) is 0 Å². The quantitative estimate of drug-likeness (QED) is 0.850. The van der Waals surface area contributed by atoms with E-state index in [9.17, 15) is 13.2 Å². The number of alkyl halides is 3. The average Bonchev–Trinajstić information content (AvgIpc) is 2.27. The molecular weight excluding hydrogens is 243 g/mol. The Morgan fingerprint density at radius 2 is 1.94 bits per heavy atom. The van der Waals surface area contributed by atoms with Crippen molar-refractivity contribution >= 4 is 0 Å². The molecule has 1 N–H and O–H groups in total. The first-order valence-corrected chi connectivity index (χ1v) is 5.83. The van der Waals surface area contributed by atoms with Crippen molar-refractivity contribution < 1.29 is 13.2 Å². The van der Waals surface area contributed by atoms with Gasteiger partial charge in [-0.05, 0) is 25.7 Å². The van der Waals surface area contributed by atoms with Gasteiger partial charge < -0.3 is 5.32 Å². The van der Waals surface area contributed by atoms with Gasteiger partial charge in [-0.15, -0.1) is 0 Å². The fourth-order valence-corrected chi connectivity index (χ4v) is 1.66. The molecule has 0 bridgehead atoms. The molecule has 0 aliphatic heterocycles. The van der Waals surface area contributed by atoms with Crippen molar-refractivity contribution in [2.45, 2.75) is 26.2 Å². The first-order valence-electron chi connectivity index (χ1n) is 5.83. The van der Waals surface area contributed by atoms with Gasteiger partial charge in [0.2, 0.25) is 0 Å². The summed E-state index contributed by atoms with van der Waals surface area (Å²) in [4.78, 5) is 5.63. The van der Waals surface area contributed by atoms with Gasteiger partial charge in [0, 0.05) is 13.1 Å². The van der Waals surface area contributed by atoms with Crippen LogP contribution in [0.1, 0.15) is 18.3 Å². The topological polar surface area (TPSA) is 28.2 Å². The van der Waals surface area contributed by atoms with Crippen molar-refractivity contribution in [2.24, 2.45) is 0 Å². The van der Waals surface area contributed by atoms with Gasteiger partial charge in [-0.1, -0.05) is 13.0 Å². The summed E-state index contributed by atoms with van der Waals surface area (Å²) in [7, 11) is 1.80. The molecule has 0 spiro atoms. The van der Waals surface area contributed by atoms with E-state index in [1.807, 2.05) is 12.1 Å². The van der Waals surface area contributed by atoms with Crippen LogP contribution in [0, 0.1) is 0 Å². The second-order valence-electron chi connectivity index (χ2n) is 4.07. The third-order valence-corrected chi connectivity index (χ3v) is 2.46. The summed E-state index contributed by atoms with van der Waals surface area (Å²) in [6.07, 6.45) is -4.17. The Morgan fingerprint density at radius 1 is 1.28 bits per heavy atom. The van der Waals surface area contributed by atoms with E-state index in [-0.39, 0.29) is 6.54 Å². The molecule has 0 saturated heterocycles. The molecule has 1 rings (SSSR count). The zero-order valence-corrected chi connectivity index (χ0v) is 10.6. The van der Waals surface area contributed by atoms with E-state index >= 15 is 0 Å². The third-order valence-electron chi connectivity index (χ3n) is 2.46. The zero-order chi connectivity index (χ0) is 13.6. The van der Waals surface area contributed by atoms with Crippen molar-refractivity contribution in [3.63, 3.8) is 0 Å². The Hall–Kier alpha value is -1.14. The van der Waals surface area contributed by atoms with Gasteiger partial charge in [-0.25, -0.2) is 0 Å². The second kappa shape index (κ2) is 6.70. The van der Waals surface area contributed by atoms with Crippen molar-refractivity contribution in [1.29, 1.82) is 0 Å². The van der Waals surface area contributed by atoms with E-state index in [4.69, 9.17) is 0 Å². The summed E-state index contributed by atoms with van der Waals surface area (Å²) in [6, 6.07) is 5.41. The highest BCUT2D eigenvalue weighted by Crippen LogP contribution is 2.17. The smallest absolute Gasteiger partial charge is 0.314 e. The van der Waals surface area contributed by atoms with E-state index in [2.05, 4.69) is 10.3 Å². The predicted octanol–water partition coefficient (Wildman–Crippen LogP) is 2.19. The Kier molecular flexibility index (Phi) is 5.55. The van der Waals surface area contributed by atoms with Gasteiger partial charge in [0.25, 0.3) is 0 Å². The monoisotopic (exact) mass is 261 g/mol. The highest BCUT2D eigenvalue weighted by molar-refractivity contribution is 5.11. The molecule has 0 unspecified atom stereocenters. The van der Waals surface area contributed by atoms with E-state index in [0.29, 0.717) is 18.8 Å². The second-order valence-corrected chi connectivity index (χ2v) is 4.07. The maximum absolute atomic E-state index is 12.3. The number of halogens is 3. The van der Waals surface area contributed by atoms with Crippen LogP contribution in [0.5, 0.6) is 0 Å². The summed E-state index contributed by atoms with van der Waals surface area (Å²) in [5, 5.41) is 2.96. The lowest BCUT2D eigenvalue weighted by Gasteiger charge is -2.21. The summed E-state index contributed by atoms with van der Waals surface area (Å²) < 4.78 is 37.0. The number of pyridine rings is 1. The molecule has 0 atom stereocenters. The Labute approximate surface area is 105 Å². The number of nitrogens with one attached hydrogen (secondary N) is 1. The van der Waals surface area contributed by atoms with Gasteiger partial charge >= 0.3 is 6.18 Å². The molecular formula is C12H18F3N3. The zero-order valence-electron chi connectivity index (χ0n) is 10.6. The van der Waals surface area contributed by atoms with Crippen LogP contribution >= 0.6 is 0 Å². The molecule has 3 nitrogen and oxygen atoms in total. The molecule has 1 aromatic heterocycles. The number of rotatable bonds is 6. The average molecular weight is 261 g/mol. The summed E-state index contributed by atoms with van der Waals surface area (Å²) in [5.41, 5.74) is 1.49. The predicted molar refractivity (Wildman–Crippen MR) is 64.0 cm³/mol. The van der Waals surface area contributed by atoms with Gasteiger partial charge in [-0.2, -0.15) is 13.2 Å². The van der Waals surface area contributed by atoms with Gasteiger partial charge in [-0.3, -0.25) is 9.88 Å². The van der Waals surface area contributed by atoms with Crippen molar-refractivity contribution in [2.75, 3.05) is 20.1 Å². The molecule has 0 radical (unpaired) electrons. The van der Waals surface area contributed by atoms with Gasteiger partial charge in [0.05, 0.1) is 17.9 Å². The molecule has 0 amide bonds. The maximum Gasteiger partial charge on any atom is 0.401 e. The Bertz CT molecular complexity index is 366. The van der Waals surface area contributed by atoms with E-state index < -0.39 is 12.7 Å². The number of hydrogen-bond acceptors (Lipinski definition) is 3. The molecule has 0 aliphatic rings. The summed E-state index contributed by atoms with van der Waals surface area (Å²) in [5.74, 6) is 0. The Morgan fingerprint density at radius 3 is 2.50 bits per heavy atom. The van der Waals surface area contributed by atoms with Crippen LogP contribution in [0.4, 0.5) is 13.2 Å². The summed E-state index contributed by atoms with van der Waals surface area (Å²) >= 11 is 0. The van der Waals surface area contributed by atoms with Crippen LogP contribution in [-0.2, 0) is 13.1 Å². The third kappa shape index (κ3) is 5.46. The molecule has 1 heterocycles. The first kappa shape index (κ1) is 14.9. The fraction of sp³-hybridized carbons (Fsp3) is 0.583. The summed E-state index contributed by atoms with van der Waals surface area (Å²) in [6.45, 7) is 1.98. The lowest BCUT2D eigenvalue weighted by molar-refractivity contribution is -0.146. The normalized spacial score (nSPS) is 12.1. The molecule has 102 valence electrons. The number of hydrogen-bond donors (Lipinski definition) is 1. The van der Waals surface area contributed by atoms with Crippen molar-refractivity contribution in [3.8, 4) is 0 Å². The number of aromatic nitrogens is 1. The van der Waals surface area contributed by atoms with Gasteiger partial charge in [0.15, 0.2) is 0 Å². The molecule has 0 aliphatic carbocycles. The van der Waals surface area contributed by atoms with E-state index in [1.54, 1.807) is 20.0 Å². The largest absolute Gasteiger partial charge is 0.401 e. The molecule has 6 heteroatoms. The lowest BCUT2D eigenvalue weighted by Crippen LogP contribution is -2.33. The highest BCUT2D eigenvalue weighted by Gasteiger charge is 2.30. The van der Waals surface area contributed by atoms with Crippen molar-refractivity contribution in [1.82, 2.24) is 15.2 Å². The minimum atomic E-state index is -4.17. The molecule has 0 aromatic carbocycles. The standard InChI is InChI=1S/C12H18F3N3/c1-3-18(9-12(13,14)15)8-11-6-4-5-10(17-11)7-16-2/h4-6,16H,3,7-9H2,1-2H3. The van der Waals surface area contributed by atoms with Crippen molar-refractivity contribution in [3.05, 3.63) is 29.6 Å². The minimum Gasteiger partial charge on any atom is -0.314 e. The van der Waals surface area contributed by atoms with Crippen LogP contribution in [0.25, 0.3) is 0 Å². The minimum absolute atomic E-state index is 0.216. The molecule has 1 aromatic rings. The maximum atomic E-state index is 12.3. The van der Waals surface area contributed by atoms with Crippen LogP contribution in [0.15, 0.2) is 18.2 Å². The SMILES string of the molecule is CCN(Cc1cccc(CNC)n1)CC(F)(F)F. The fourth-order valence-electron chi connectivity index (χ4n) is 1.66. The molecule has 0 saturated carbocycles. The van der Waals surface area contributed by atoms with Crippen LogP contribution < -0.4 is 5.32 Å². The highest BCUT2D eigenvalue weighted by atomic mass is 19.4. The Balaban J connectivity index is 2.66. The van der Waals surface area contributed by atoms with E-state index in [0.717, 1.165) is 5.69 Å². The van der Waals surface area contributed by atoms with E-state index in [1.165, 1.54) is 4.90 Å². The van der Waals surface area contributed by atoms with Crippen LogP contribution in [0.3, 0.4) is 0 Å². The number of nitrogens with zero attached hydrogens (tertiary/aromatic N) is 2. The molecule has 0 fully saturated rings. The van der Waals surface area contributed by atoms with Crippen LogP contribution in [-0.4, -0.2) is 36.2 Å².